The molecule has 1 N–H and O–H groups in total. The van der Waals surface area contributed by atoms with Crippen molar-refractivity contribution in [3.05, 3.63) is 17.8 Å². The van der Waals surface area contributed by atoms with Crippen molar-refractivity contribution in [2.75, 3.05) is 5.75 Å². The van der Waals surface area contributed by atoms with Gasteiger partial charge in [0.05, 0.1) is 11.8 Å². The predicted molar refractivity (Wildman–Crippen MR) is 59.2 cm³/mol. The number of carbonyl (C=O) groups is 1. The van der Waals surface area contributed by atoms with E-state index in [0.29, 0.717) is 10.9 Å². The van der Waals surface area contributed by atoms with Crippen molar-refractivity contribution in [2.24, 2.45) is 5.92 Å². The average Bonchev–Trinajstić information content (AvgIpc) is 2.17. The Morgan fingerprint density at radius 3 is 2.93 bits per heavy atom. The fourth-order valence-corrected chi connectivity index (χ4v) is 2.18. The Bertz CT molecular complexity index is 342. The summed E-state index contributed by atoms with van der Waals surface area (Å²) >= 11 is 1.45. The van der Waals surface area contributed by atoms with Crippen LogP contribution in [0.25, 0.3) is 0 Å². The second kappa shape index (κ2) is 5.70. The van der Waals surface area contributed by atoms with Gasteiger partial charge in [0.2, 0.25) is 0 Å². The standard InChI is InChI=1S/C10H14N2O2S/c1-7(2)4-6-15-9-8(10(13)14)3-5-11-12-9/h3,5,7H,4,6H2,1-2H3,(H,13,14). The van der Waals surface area contributed by atoms with Gasteiger partial charge in [-0.15, -0.1) is 16.9 Å². The summed E-state index contributed by atoms with van der Waals surface area (Å²) in [6.45, 7) is 4.27. The van der Waals surface area contributed by atoms with E-state index in [4.69, 9.17) is 5.11 Å². The lowest BCUT2D eigenvalue weighted by molar-refractivity contribution is 0.0692. The minimum Gasteiger partial charge on any atom is -0.478 e. The molecule has 0 aliphatic heterocycles. The van der Waals surface area contributed by atoms with E-state index in [1.54, 1.807) is 0 Å². The molecule has 1 rings (SSSR count). The number of carboxylic acids is 1. The zero-order chi connectivity index (χ0) is 11.3. The third-order valence-corrected chi connectivity index (χ3v) is 2.87. The van der Waals surface area contributed by atoms with E-state index in [0.717, 1.165) is 12.2 Å². The van der Waals surface area contributed by atoms with Gasteiger partial charge in [-0.1, -0.05) is 13.8 Å². The SMILES string of the molecule is CC(C)CCSc1nnccc1C(=O)O. The van der Waals surface area contributed by atoms with Crippen molar-refractivity contribution in [1.29, 1.82) is 0 Å². The number of hydrogen-bond acceptors (Lipinski definition) is 4. The summed E-state index contributed by atoms with van der Waals surface area (Å²) in [6, 6.07) is 1.48. The molecule has 0 saturated carbocycles. The van der Waals surface area contributed by atoms with Gasteiger partial charge in [0, 0.05) is 0 Å². The van der Waals surface area contributed by atoms with Crippen molar-refractivity contribution >= 4 is 17.7 Å². The van der Waals surface area contributed by atoms with Crippen LogP contribution in [0.15, 0.2) is 17.3 Å². The van der Waals surface area contributed by atoms with E-state index in [9.17, 15) is 4.79 Å². The van der Waals surface area contributed by atoms with Gasteiger partial charge < -0.3 is 5.11 Å². The molecule has 4 nitrogen and oxygen atoms in total. The number of thioether (sulfide) groups is 1. The van der Waals surface area contributed by atoms with E-state index >= 15 is 0 Å². The van der Waals surface area contributed by atoms with E-state index in [1.807, 2.05) is 0 Å². The summed E-state index contributed by atoms with van der Waals surface area (Å²) < 4.78 is 0. The van der Waals surface area contributed by atoms with Gasteiger partial charge in [-0.05, 0) is 24.2 Å². The highest BCUT2D eigenvalue weighted by molar-refractivity contribution is 7.99. The van der Waals surface area contributed by atoms with Crippen molar-refractivity contribution in [3.8, 4) is 0 Å². The lowest BCUT2D eigenvalue weighted by Crippen LogP contribution is -2.02. The normalized spacial score (nSPS) is 10.6. The van der Waals surface area contributed by atoms with Crippen molar-refractivity contribution in [3.63, 3.8) is 0 Å². The Balaban J connectivity index is 2.63. The Labute approximate surface area is 93.1 Å². The van der Waals surface area contributed by atoms with Crippen LogP contribution in [0.1, 0.15) is 30.6 Å². The molecule has 0 aliphatic rings. The Kier molecular flexibility index (Phi) is 4.55. The molecule has 0 radical (unpaired) electrons. The summed E-state index contributed by atoms with van der Waals surface area (Å²) in [5.41, 5.74) is 0.235. The summed E-state index contributed by atoms with van der Waals surface area (Å²) in [4.78, 5) is 10.8. The van der Waals surface area contributed by atoms with Crippen LogP contribution in [-0.2, 0) is 0 Å². The van der Waals surface area contributed by atoms with Crippen LogP contribution in [0.2, 0.25) is 0 Å². The number of aromatic carboxylic acids is 1. The van der Waals surface area contributed by atoms with Crippen LogP contribution < -0.4 is 0 Å². The fourth-order valence-electron chi connectivity index (χ4n) is 0.979. The monoisotopic (exact) mass is 226 g/mol. The van der Waals surface area contributed by atoms with Crippen LogP contribution in [0.5, 0.6) is 0 Å². The van der Waals surface area contributed by atoms with Crippen LogP contribution in [0.4, 0.5) is 0 Å². The number of carboxylic acid groups (broad SMARTS) is 1. The van der Waals surface area contributed by atoms with Gasteiger partial charge in [0.25, 0.3) is 0 Å². The molecule has 1 aromatic rings. The molecule has 0 spiro atoms. The minimum absolute atomic E-state index is 0.235. The quantitative estimate of drug-likeness (QED) is 0.780. The summed E-state index contributed by atoms with van der Waals surface area (Å²) in [7, 11) is 0. The first-order valence-electron chi connectivity index (χ1n) is 4.79. The van der Waals surface area contributed by atoms with Gasteiger partial charge in [-0.25, -0.2) is 4.79 Å². The maximum absolute atomic E-state index is 10.8. The topological polar surface area (TPSA) is 63.1 Å². The molecule has 0 unspecified atom stereocenters. The van der Waals surface area contributed by atoms with E-state index in [2.05, 4.69) is 24.0 Å². The first-order chi connectivity index (χ1) is 7.11. The molecule has 0 amide bonds. The molecule has 82 valence electrons. The maximum atomic E-state index is 10.8. The van der Waals surface area contributed by atoms with Crippen LogP contribution in [0.3, 0.4) is 0 Å². The Hall–Kier alpha value is -1.10. The van der Waals surface area contributed by atoms with Gasteiger partial charge in [0.15, 0.2) is 0 Å². The summed E-state index contributed by atoms with van der Waals surface area (Å²) in [5.74, 6) is 0.538. The highest BCUT2D eigenvalue weighted by atomic mass is 32.2. The third kappa shape index (κ3) is 3.87. The molecule has 15 heavy (non-hydrogen) atoms. The van der Waals surface area contributed by atoms with Crippen LogP contribution in [-0.4, -0.2) is 27.0 Å². The van der Waals surface area contributed by atoms with Crippen molar-refractivity contribution in [1.82, 2.24) is 10.2 Å². The lowest BCUT2D eigenvalue weighted by Gasteiger charge is -2.05. The number of rotatable bonds is 5. The average molecular weight is 226 g/mol. The first kappa shape index (κ1) is 12.0. The maximum Gasteiger partial charge on any atom is 0.338 e. The van der Waals surface area contributed by atoms with Gasteiger partial charge in [-0.3, -0.25) is 0 Å². The lowest BCUT2D eigenvalue weighted by atomic mass is 10.2. The molecule has 0 fully saturated rings. The smallest absolute Gasteiger partial charge is 0.338 e. The van der Waals surface area contributed by atoms with Gasteiger partial charge in [-0.2, -0.15) is 5.10 Å². The molecule has 5 heteroatoms. The second-order valence-electron chi connectivity index (χ2n) is 3.59. The highest BCUT2D eigenvalue weighted by Gasteiger charge is 2.11. The second-order valence-corrected chi connectivity index (χ2v) is 4.67. The number of nitrogens with zero attached hydrogens (tertiary/aromatic N) is 2. The van der Waals surface area contributed by atoms with Crippen LogP contribution in [0, 0.1) is 5.92 Å². The Morgan fingerprint density at radius 2 is 2.33 bits per heavy atom. The molecular formula is C10H14N2O2S. The van der Waals surface area contributed by atoms with Gasteiger partial charge in [0.1, 0.15) is 5.03 Å². The third-order valence-electron chi connectivity index (χ3n) is 1.85. The van der Waals surface area contributed by atoms with E-state index < -0.39 is 5.97 Å². The fraction of sp³-hybridized carbons (Fsp3) is 0.500. The van der Waals surface area contributed by atoms with E-state index in [1.165, 1.54) is 24.0 Å². The molecular weight excluding hydrogens is 212 g/mol. The Morgan fingerprint density at radius 1 is 1.60 bits per heavy atom. The zero-order valence-electron chi connectivity index (χ0n) is 8.80. The summed E-state index contributed by atoms with van der Waals surface area (Å²) in [5, 5.41) is 16.9. The van der Waals surface area contributed by atoms with Crippen LogP contribution >= 0.6 is 11.8 Å². The molecule has 0 bridgehead atoms. The number of aromatic nitrogens is 2. The zero-order valence-corrected chi connectivity index (χ0v) is 9.62. The summed E-state index contributed by atoms with van der Waals surface area (Å²) in [6.07, 6.45) is 2.44. The molecule has 0 atom stereocenters. The molecule has 1 aromatic heterocycles. The van der Waals surface area contributed by atoms with Crippen molar-refractivity contribution < 1.29 is 9.90 Å². The van der Waals surface area contributed by atoms with Crippen molar-refractivity contribution in [2.45, 2.75) is 25.3 Å². The van der Waals surface area contributed by atoms with Gasteiger partial charge >= 0.3 is 5.97 Å². The van der Waals surface area contributed by atoms with E-state index in [-0.39, 0.29) is 5.56 Å². The molecule has 0 saturated heterocycles. The predicted octanol–water partition coefficient (Wildman–Crippen LogP) is 2.31. The number of hydrogen-bond donors (Lipinski definition) is 1. The highest BCUT2D eigenvalue weighted by Crippen LogP contribution is 2.21. The first-order valence-corrected chi connectivity index (χ1v) is 5.77. The molecule has 1 heterocycles. The minimum atomic E-state index is -0.947. The molecule has 0 aromatic carbocycles. The largest absolute Gasteiger partial charge is 0.478 e. The molecule has 0 aliphatic carbocycles.